The van der Waals surface area contributed by atoms with E-state index in [4.69, 9.17) is 0 Å². The third-order valence-electron chi connectivity index (χ3n) is 2.84. The van der Waals surface area contributed by atoms with Crippen molar-refractivity contribution in [2.24, 2.45) is 0 Å². The van der Waals surface area contributed by atoms with Crippen LogP contribution >= 0.6 is 0 Å². The van der Waals surface area contributed by atoms with Crippen LogP contribution in [0.25, 0.3) is 0 Å². The first-order valence-electron chi connectivity index (χ1n) is 5.48. The number of rotatable bonds is 1. The van der Waals surface area contributed by atoms with Gasteiger partial charge in [0, 0.05) is 26.2 Å². The largest absolute Gasteiger partial charge is 0.336 e. The van der Waals surface area contributed by atoms with Gasteiger partial charge in [-0.25, -0.2) is 9.97 Å². The van der Waals surface area contributed by atoms with Crippen LogP contribution in [0, 0.1) is 13.8 Å². The first kappa shape index (κ1) is 11.0. The molecule has 1 fully saturated rings. The molecule has 0 saturated carbocycles. The number of hydrogen-bond acceptors (Lipinski definition) is 4. The summed E-state index contributed by atoms with van der Waals surface area (Å²) in [6, 6.07) is 0. The molecule has 0 spiro atoms. The van der Waals surface area contributed by atoms with Gasteiger partial charge < -0.3 is 10.2 Å². The molecule has 1 aromatic heterocycles. The van der Waals surface area contributed by atoms with Gasteiger partial charge in [-0.2, -0.15) is 0 Å². The number of hydrogen-bond donors (Lipinski definition) is 1. The van der Waals surface area contributed by atoms with Crippen LogP contribution in [0.5, 0.6) is 0 Å². The second-order valence-electron chi connectivity index (χ2n) is 3.96. The lowest BCUT2D eigenvalue weighted by atomic mass is 10.1. The number of amides is 1. The minimum absolute atomic E-state index is 0.0529. The Morgan fingerprint density at radius 3 is 2.38 bits per heavy atom. The normalized spacial score (nSPS) is 16.2. The Balaban J connectivity index is 2.26. The van der Waals surface area contributed by atoms with Gasteiger partial charge in [0.2, 0.25) is 0 Å². The van der Waals surface area contributed by atoms with Gasteiger partial charge in [-0.15, -0.1) is 0 Å². The Bertz CT molecular complexity index is 379. The molecule has 0 bridgehead atoms. The molecule has 2 heterocycles. The number of piperazine rings is 1. The van der Waals surface area contributed by atoms with Gasteiger partial charge in [0.1, 0.15) is 6.33 Å². The number of nitrogens with zero attached hydrogens (tertiary/aromatic N) is 3. The molecule has 16 heavy (non-hydrogen) atoms. The summed E-state index contributed by atoms with van der Waals surface area (Å²) < 4.78 is 0. The second kappa shape index (κ2) is 4.57. The van der Waals surface area contributed by atoms with Crippen LogP contribution in [-0.4, -0.2) is 47.0 Å². The zero-order valence-corrected chi connectivity index (χ0v) is 9.66. The zero-order valence-electron chi connectivity index (χ0n) is 9.66. The lowest BCUT2D eigenvalue weighted by Crippen LogP contribution is -2.46. The Kier molecular flexibility index (Phi) is 3.14. The van der Waals surface area contributed by atoms with Gasteiger partial charge in [-0.05, 0) is 13.8 Å². The van der Waals surface area contributed by atoms with Crippen molar-refractivity contribution >= 4 is 5.91 Å². The van der Waals surface area contributed by atoms with Crippen molar-refractivity contribution in [2.45, 2.75) is 13.8 Å². The van der Waals surface area contributed by atoms with Crippen molar-refractivity contribution in [3.8, 4) is 0 Å². The van der Waals surface area contributed by atoms with Crippen molar-refractivity contribution in [3.05, 3.63) is 23.3 Å². The Morgan fingerprint density at radius 2 is 1.81 bits per heavy atom. The zero-order chi connectivity index (χ0) is 11.5. The highest BCUT2D eigenvalue weighted by atomic mass is 16.2. The van der Waals surface area contributed by atoms with Crippen molar-refractivity contribution in [1.82, 2.24) is 20.2 Å². The average molecular weight is 220 g/mol. The van der Waals surface area contributed by atoms with E-state index >= 15 is 0 Å². The summed E-state index contributed by atoms with van der Waals surface area (Å²) in [5, 5.41) is 3.23. The topological polar surface area (TPSA) is 58.1 Å². The van der Waals surface area contributed by atoms with E-state index in [1.807, 2.05) is 18.7 Å². The molecule has 2 rings (SSSR count). The van der Waals surface area contributed by atoms with Gasteiger partial charge in [0.15, 0.2) is 0 Å². The van der Waals surface area contributed by atoms with E-state index in [-0.39, 0.29) is 5.91 Å². The molecule has 0 unspecified atom stereocenters. The maximum atomic E-state index is 12.3. The van der Waals surface area contributed by atoms with Crippen LogP contribution in [0.4, 0.5) is 0 Å². The molecule has 1 aliphatic rings. The summed E-state index contributed by atoms with van der Waals surface area (Å²) in [4.78, 5) is 22.3. The maximum absolute atomic E-state index is 12.3. The van der Waals surface area contributed by atoms with Gasteiger partial charge in [-0.1, -0.05) is 0 Å². The third kappa shape index (κ3) is 2.04. The molecular formula is C11H16N4O. The van der Waals surface area contributed by atoms with Crippen molar-refractivity contribution in [2.75, 3.05) is 26.2 Å². The molecule has 0 aliphatic carbocycles. The molecule has 5 heteroatoms. The molecule has 0 radical (unpaired) electrons. The van der Waals surface area contributed by atoms with Crippen LogP contribution in [0.1, 0.15) is 21.7 Å². The highest BCUT2D eigenvalue weighted by Gasteiger charge is 2.21. The number of aromatic nitrogens is 2. The van der Waals surface area contributed by atoms with E-state index in [1.54, 1.807) is 0 Å². The molecule has 86 valence electrons. The molecular weight excluding hydrogens is 204 g/mol. The van der Waals surface area contributed by atoms with Gasteiger partial charge >= 0.3 is 0 Å². The first-order valence-corrected chi connectivity index (χ1v) is 5.48. The molecule has 1 amide bonds. The number of carbonyl (C=O) groups excluding carboxylic acids is 1. The maximum Gasteiger partial charge on any atom is 0.257 e. The summed E-state index contributed by atoms with van der Waals surface area (Å²) in [6.45, 7) is 6.93. The van der Waals surface area contributed by atoms with Gasteiger partial charge in [-0.3, -0.25) is 4.79 Å². The smallest absolute Gasteiger partial charge is 0.257 e. The first-order chi connectivity index (χ1) is 7.70. The fourth-order valence-electron chi connectivity index (χ4n) is 1.93. The Hall–Kier alpha value is -1.49. The van der Waals surface area contributed by atoms with Crippen molar-refractivity contribution in [1.29, 1.82) is 0 Å². The number of aryl methyl sites for hydroxylation is 2. The van der Waals surface area contributed by atoms with Crippen LogP contribution < -0.4 is 5.32 Å². The van der Waals surface area contributed by atoms with Crippen LogP contribution in [0.15, 0.2) is 6.33 Å². The Labute approximate surface area is 94.9 Å². The quantitative estimate of drug-likeness (QED) is 0.731. The lowest BCUT2D eigenvalue weighted by Gasteiger charge is -2.28. The van der Waals surface area contributed by atoms with E-state index in [9.17, 15) is 4.79 Å². The monoisotopic (exact) mass is 220 g/mol. The second-order valence-corrected chi connectivity index (χ2v) is 3.96. The minimum atomic E-state index is 0.0529. The highest BCUT2D eigenvalue weighted by Crippen LogP contribution is 2.12. The third-order valence-corrected chi connectivity index (χ3v) is 2.84. The van der Waals surface area contributed by atoms with Gasteiger partial charge in [0.25, 0.3) is 5.91 Å². The SMILES string of the molecule is Cc1ncnc(C)c1C(=O)N1CCNCC1. The molecule has 0 atom stereocenters. The summed E-state index contributed by atoms with van der Waals surface area (Å²) in [5.74, 6) is 0.0529. The average Bonchev–Trinajstić information content (AvgIpc) is 2.30. The van der Waals surface area contributed by atoms with E-state index in [0.29, 0.717) is 5.56 Å². The minimum Gasteiger partial charge on any atom is -0.336 e. The summed E-state index contributed by atoms with van der Waals surface area (Å²) in [6.07, 6.45) is 1.50. The lowest BCUT2D eigenvalue weighted by molar-refractivity contribution is 0.0733. The summed E-state index contributed by atoms with van der Waals surface area (Å²) >= 11 is 0. The van der Waals surface area contributed by atoms with Crippen molar-refractivity contribution in [3.63, 3.8) is 0 Å². The summed E-state index contributed by atoms with van der Waals surface area (Å²) in [7, 11) is 0. The fraction of sp³-hybridized carbons (Fsp3) is 0.545. The number of carbonyl (C=O) groups is 1. The molecule has 0 aromatic carbocycles. The number of nitrogens with one attached hydrogen (secondary N) is 1. The van der Waals surface area contributed by atoms with E-state index in [0.717, 1.165) is 37.6 Å². The molecule has 1 N–H and O–H groups in total. The Morgan fingerprint density at radius 1 is 1.25 bits per heavy atom. The molecule has 1 aromatic rings. The molecule has 5 nitrogen and oxygen atoms in total. The van der Waals surface area contributed by atoms with Crippen LogP contribution in [0.3, 0.4) is 0 Å². The van der Waals surface area contributed by atoms with Gasteiger partial charge in [0.05, 0.1) is 17.0 Å². The van der Waals surface area contributed by atoms with E-state index in [2.05, 4.69) is 15.3 Å². The van der Waals surface area contributed by atoms with Crippen LogP contribution in [0.2, 0.25) is 0 Å². The standard InChI is InChI=1S/C11H16N4O/c1-8-10(9(2)14-7-13-8)11(16)15-5-3-12-4-6-15/h7,12H,3-6H2,1-2H3. The summed E-state index contributed by atoms with van der Waals surface area (Å²) in [5.41, 5.74) is 2.18. The highest BCUT2D eigenvalue weighted by molar-refractivity contribution is 5.96. The molecule has 1 aliphatic heterocycles. The molecule has 1 saturated heterocycles. The predicted octanol–water partition coefficient (Wildman–Crippen LogP) is 0.139. The predicted molar refractivity (Wildman–Crippen MR) is 60.3 cm³/mol. The van der Waals surface area contributed by atoms with Crippen LogP contribution in [-0.2, 0) is 0 Å². The fourth-order valence-corrected chi connectivity index (χ4v) is 1.93. The van der Waals surface area contributed by atoms with E-state index < -0.39 is 0 Å². The van der Waals surface area contributed by atoms with E-state index in [1.165, 1.54) is 6.33 Å². The van der Waals surface area contributed by atoms with Crippen molar-refractivity contribution < 1.29 is 4.79 Å².